The van der Waals surface area contributed by atoms with Crippen molar-refractivity contribution in [2.75, 3.05) is 39.3 Å². The second-order valence-electron chi connectivity index (χ2n) is 7.39. The van der Waals surface area contributed by atoms with E-state index in [1.54, 1.807) is 0 Å². The molecule has 1 aliphatic rings. The summed E-state index contributed by atoms with van der Waals surface area (Å²) in [7, 11) is 0. The minimum absolute atomic E-state index is 0.720. The van der Waals surface area contributed by atoms with Crippen molar-refractivity contribution < 1.29 is 0 Å². The van der Waals surface area contributed by atoms with Gasteiger partial charge in [0.25, 0.3) is 0 Å². The molecule has 1 fully saturated rings. The third-order valence-electron chi connectivity index (χ3n) is 5.11. The number of rotatable bonds is 12. The number of hydrogen-bond donors (Lipinski definition) is 1. The lowest BCUT2D eigenvalue weighted by Gasteiger charge is -2.38. The Labute approximate surface area is 168 Å². The lowest BCUT2D eigenvalue weighted by molar-refractivity contribution is 0.104. The van der Waals surface area contributed by atoms with Crippen LogP contribution < -0.4 is 5.32 Å². The van der Waals surface area contributed by atoms with Gasteiger partial charge in [0.1, 0.15) is 0 Å². The van der Waals surface area contributed by atoms with Crippen LogP contribution in [-0.2, 0) is 0 Å². The summed E-state index contributed by atoms with van der Waals surface area (Å²) in [4.78, 5) is 9.72. The van der Waals surface area contributed by atoms with Gasteiger partial charge in [0.05, 0.1) is 5.70 Å². The van der Waals surface area contributed by atoms with Crippen LogP contribution in [0.5, 0.6) is 0 Å². The monoisotopic (exact) mass is 374 g/mol. The van der Waals surface area contributed by atoms with E-state index in [4.69, 9.17) is 0 Å². The summed E-state index contributed by atoms with van der Waals surface area (Å²) >= 11 is 0. The Morgan fingerprint density at radius 1 is 1.11 bits per heavy atom. The van der Waals surface area contributed by atoms with Gasteiger partial charge in [-0.3, -0.25) is 14.8 Å². The zero-order chi connectivity index (χ0) is 19.9. The van der Waals surface area contributed by atoms with Crippen molar-refractivity contribution in [2.24, 2.45) is 4.99 Å². The molecule has 1 N–H and O–H groups in total. The molecule has 0 saturated carbocycles. The lowest BCUT2D eigenvalue weighted by atomic mass is 10.1. The van der Waals surface area contributed by atoms with Gasteiger partial charge in [-0.25, -0.2) is 0 Å². The standard InChI is InChI=1S/C23H42N4/c1-6-10-11-13-21(5)27-16-14-26(15-17-27)20-22(12-7-2)18-23(25-9-4)19-24-8-3/h7,9,12,18-19,21,24H,6,8,10-11,13-17,20H2,1-5H3/b12-7-,22-18+,23-19-,25-9?. The van der Waals surface area contributed by atoms with Crippen molar-refractivity contribution in [1.29, 1.82) is 0 Å². The van der Waals surface area contributed by atoms with Crippen LogP contribution in [0.2, 0.25) is 0 Å². The summed E-state index contributed by atoms with van der Waals surface area (Å²) in [5.74, 6) is 0. The van der Waals surface area contributed by atoms with Crippen molar-refractivity contribution >= 4 is 6.21 Å². The van der Waals surface area contributed by atoms with Crippen LogP contribution in [0, 0.1) is 0 Å². The van der Waals surface area contributed by atoms with E-state index in [2.05, 4.69) is 66.0 Å². The molecule has 1 atom stereocenters. The molecule has 0 aromatic heterocycles. The second-order valence-corrected chi connectivity index (χ2v) is 7.39. The third-order valence-corrected chi connectivity index (χ3v) is 5.11. The molecule has 154 valence electrons. The fourth-order valence-electron chi connectivity index (χ4n) is 3.52. The van der Waals surface area contributed by atoms with Crippen LogP contribution in [0.25, 0.3) is 0 Å². The zero-order valence-electron chi connectivity index (χ0n) is 18.4. The molecule has 0 amide bonds. The van der Waals surface area contributed by atoms with Crippen LogP contribution in [0.15, 0.2) is 40.7 Å². The molecule has 27 heavy (non-hydrogen) atoms. The highest BCUT2D eigenvalue weighted by atomic mass is 15.3. The van der Waals surface area contributed by atoms with Crippen molar-refractivity contribution in [3.63, 3.8) is 0 Å². The highest BCUT2D eigenvalue weighted by Gasteiger charge is 2.20. The van der Waals surface area contributed by atoms with Gasteiger partial charge < -0.3 is 5.32 Å². The maximum Gasteiger partial charge on any atom is 0.0785 e. The molecule has 0 radical (unpaired) electrons. The predicted molar refractivity (Wildman–Crippen MR) is 120 cm³/mol. The number of aliphatic imine (C=N–C) groups is 1. The third kappa shape index (κ3) is 9.92. The average molecular weight is 375 g/mol. The van der Waals surface area contributed by atoms with Crippen LogP contribution >= 0.6 is 0 Å². The van der Waals surface area contributed by atoms with Crippen molar-refractivity contribution in [3.8, 4) is 0 Å². The van der Waals surface area contributed by atoms with Crippen LogP contribution in [0.1, 0.15) is 60.3 Å². The first kappa shape index (κ1) is 23.6. The normalized spacial score (nSPS) is 19.3. The Kier molecular flexibility index (Phi) is 12.8. The molecule has 1 rings (SSSR count). The zero-order valence-corrected chi connectivity index (χ0v) is 18.4. The molecular weight excluding hydrogens is 332 g/mol. The van der Waals surface area contributed by atoms with E-state index in [1.807, 2.05) is 19.3 Å². The first-order chi connectivity index (χ1) is 13.1. The van der Waals surface area contributed by atoms with E-state index in [9.17, 15) is 0 Å². The van der Waals surface area contributed by atoms with Gasteiger partial charge in [-0.15, -0.1) is 0 Å². The number of piperazine rings is 1. The summed E-state index contributed by atoms with van der Waals surface area (Å²) in [5.41, 5.74) is 2.30. The second kappa shape index (κ2) is 14.6. The Balaban J connectivity index is 2.60. The van der Waals surface area contributed by atoms with Crippen LogP contribution in [-0.4, -0.2) is 61.3 Å². The predicted octanol–water partition coefficient (Wildman–Crippen LogP) is 4.62. The molecule has 4 nitrogen and oxygen atoms in total. The number of hydrogen-bond acceptors (Lipinski definition) is 4. The Morgan fingerprint density at radius 3 is 2.44 bits per heavy atom. The number of allylic oxidation sites excluding steroid dienone is 2. The van der Waals surface area contributed by atoms with E-state index >= 15 is 0 Å². The summed E-state index contributed by atoms with van der Waals surface area (Å²) in [6.45, 7) is 17.4. The largest absolute Gasteiger partial charge is 0.389 e. The molecular formula is C23H42N4. The topological polar surface area (TPSA) is 30.9 Å². The molecule has 0 spiro atoms. The SMILES string of the molecule is CC=NC(=C\NCC)/C=C(\C=C/C)CN1CCN(C(C)CCCCC)CC1. The van der Waals surface area contributed by atoms with E-state index in [1.165, 1.54) is 44.3 Å². The van der Waals surface area contributed by atoms with E-state index in [0.717, 1.165) is 37.9 Å². The molecule has 0 aromatic carbocycles. The lowest BCUT2D eigenvalue weighted by Crippen LogP contribution is -2.49. The maximum atomic E-state index is 4.48. The molecule has 1 aliphatic heterocycles. The fourth-order valence-corrected chi connectivity index (χ4v) is 3.52. The first-order valence-corrected chi connectivity index (χ1v) is 10.9. The Hall–Kier alpha value is -1.39. The van der Waals surface area contributed by atoms with Gasteiger partial charge in [0.2, 0.25) is 0 Å². The molecule has 0 bridgehead atoms. The number of nitrogens with zero attached hydrogens (tertiary/aromatic N) is 3. The average Bonchev–Trinajstić information content (AvgIpc) is 2.67. The molecule has 1 saturated heterocycles. The Bertz CT molecular complexity index is 497. The molecule has 0 aliphatic carbocycles. The van der Waals surface area contributed by atoms with Gasteiger partial charge >= 0.3 is 0 Å². The minimum Gasteiger partial charge on any atom is -0.389 e. The van der Waals surface area contributed by atoms with E-state index in [0.29, 0.717) is 0 Å². The molecule has 4 heteroatoms. The van der Waals surface area contributed by atoms with Gasteiger partial charge in [-0.2, -0.15) is 0 Å². The highest BCUT2D eigenvalue weighted by Crippen LogP contribution is 2.15. The molecule has 0 aromatic rings. The maximum absolute atomic E-state index is 4.48. The summed E-state index contributed by atoms with van der Waals surface area (Å²) in [6.07, 6.45) is 15.8. The number of unbranched alkanes of at least 4 members (excludes halogenated alkanes) is 2. The quantitative estimate of drug-likeness (QED) is 0.307. The van der Waals surface area contributed by atoms with Crippen molar-refractivity contribution in [1.82, 2.24) is 15.1 Å². The van der Waals surface area contributed by atoms with E-state index < -0.39 is 0 Å². The summed E-state index contributed by atoms with van der Waals surface area (Å²) in [5, 5.41) is 3.26. The van der Waals surface area contributed by atoms with Crippen molar-refractivity contribution in [3.05, 3.63) is 35.7 Å². The summed E-state index contributed by atoms with van der Waals surface area (Å²) < 4.78 is 0. The van der Waals surface area contributed by atoms with Crippen LogP contribution in [0.3, 0.4) is 0 Å². The van der Waals surface area contributed by atoms with Gasteiger partial charge in [-0.05, 0) is 45.8 Å². The smallest absolute Gasteiger partial charge is 0.0785 e. The van der Waals surface area contributed by atoms with Gasteiger partial charge in [0, 0.05) is 57.7 Å². The molecule has 1 unspecified atom stereocenters. The number of nitrogens with one attached hydrogen (secondary N) is 1. The van der Waals surface area contributed by atoms with E-state index in [-0.39, 0.29) is 0 Å². The van der Waals surface area contributed by atoms with Gasteiger partial charge in [-0.1, -0.05) is 38.3 Å². The van der Waals surface area contributed by atoms with Crippen molar-refractivity contribution in [2.45, 2.75) is 66.3 Å². The fraction of sp³-hybridized carbons (Fsp3) is 0.696. The highest BCUT2D eigenvalue weighted by molar-refractivity contribution is 5.56. The molecule has 1 heterocycles. The Morgan fingerprint density at radius 2 is 1.85 bits per heavy atom. The summed E-state index contributed by atoms with van der Waals surface area (Å²) in [6, 6.07) is 0.720. The van der Waals surface area contributed by atoms with Gasteiger partial charge in [0.15, 0.2) is 0 Å². The van der Waals surface area contributed by atoms with Crippen LogP contribution in [0.4, 0.5) is 0 Å². The minimum atomic E-state index is 0.720. The first-order valence-electron chi connectivity index (χ1n) is 10.9.